The Hall–Kier alpha value is -2.93. The van der Waals surface area contributed by atoms with E-state index in [4.69, 9.17) is 10.5 Å². The molecule has 0 saturated carbocycles. The molecule has 0 aliphatic rings. The molecule has 0 aliphatic carbocycles. The fourth-order valence-corrected chi connectivity index (χ4v) is 3.39. The summed E-state index contributed by atoms with van der Waals surface area (Å²) in [5.74, 6) is 1.26. The van der Waals surface area contributed by atoms with Crippen LogP contribution in [0, 0.1) is 0 Å². The molecule has 7 heteroatoms. The van der Waals surface area contributed by atoms with Crippen molar-refractivity contribution in [3.05, 3.63) is 46.8 Å². The largest absolute Gasteiger partial charge is 0.497 e. The lowest BCUT2D eigenvalue weighted by atomic mass is 10.2. The molecule has 0 aliphatic heterocycles. The molecular weight excluding hydrogens is 312 g/mol. The number of anilines is 1. The molecule has 0 bridgehead atoms. The van der Waals surface area contributed by atoms with E-state index in [1.807, 2.05) is 30.3 Å². The number of nitrogens with one attached hydrogen (secondary N) is 1. The molecule has 0 radical (unpaired) electrons. The lowest BCUT2D eigenvalue weighted by molar-refractivity contribution is 0.415. The summed E-state index contributed by atoms with van der Waals surface area (Å²) in [6.45, 7) is 0. The Morgan fingerprint density at radius 2 is 1.83 bits per heavy atom. The molecule has 0 atom stereocenters. The van der Waals surface area contributed by atoms with Gasteiger partial charge in [0.1, 0.15) is 11.6 Å². The van der Waals surface area contributed by atoms with E-state index in [1.165, 1.54) is 11.3 Å². The Kier molecular flexibility index (Phi) is 3.02. The number of nitrogen functional groups attached to an aromatic ring is 1. The zero-order chi connectivity index (χ0) is 16.0. The SMILES string of the molecule is COc1ccc(-c2nc3ccc4nc(N)sc4c3c(=O)[nH]2)cc1. The van der Waals surface area contributed by atoms with Crippen LogP contribution in [0.1, 0.15) is 0 Å². The highest BCUT2D eigenvalue weighted by Gasteiger charge is 2.12. The smallest absolute Gasteiger partial charge is 0.260 e. The lowest BCUT2D eigenvalue weighted by Gasteiger charge is -2.05. The fraction of sp³-hybridized carbons (Fsp3) is 0.0625. The number of aromatic amines is 1. The zero-order valence-electron chi connectivity index (χ0n) is 12.2. The first-order valence-electron chi connectivity index (χ1n) is 6.89. The zero-order valence-corrected chi connectivity index (χ0v) is 13.0. The molecule has 2 heterocycles. The number of H-pyrrole nitrogens is 1. The molecule has 0 unspecified atom stereocenters. The van der Waals surface area contributed by atoms with Crippen LogP contribution in [0.4, 0.5) is 5.13 Å². The second kappa shape index (κ2) is 5.06. The third kappa shape index (κ3) is 2.22. The van der Waals surface area contributed by atoms with Crippen LogP contribution in [-0.4, -0.2) is 22.1 Å². The van der Waals surface area contributed by atoms with Gasteiger partial charge in [0.2, 0.25) is 0 Å². The van der Waals surface area contributed by atoms with Crippen LogP contribution < -0.4 is 16.0 Å². The number of fused-ring (bicyclic) bond motifs is 3. The van der Waals surface area contributed by atoms with Crippen molar-refractivity contribution in [2.24, 2.45) is 0 Å². The van der Waals surface area contributed by atoms with Crippen molar-refractivity contribution >= 4 is 37.6 Å². The van der Waals surface area contributed by atoms with Crippen LogP contribution in [-0.2, 0) is 0 Å². The van der Waals surface area contributed by atoms with Gasteiger partial charge in [-0.3, -0.25) is 4.79 Å². The summed E-state index contributed by atoms with van der Waals surface area (Å²) in [5, 5.41) is 0.958. The molecule has 0 amide bonds. The molecular formula is C16H12N4O2S. The van der Waals surface area contributed by atoms with E-state index in [0.29, 0.717) is 27.4 Å². The highest BCUT2D eigenvalue weighted by atomic mass is 32.1. The molecule has 4 rings (SSSR count). The highest BCUT2D eigenvalue weighted by Crippen LogP contribution is 2.29. The summed E-state index contributed by atoms with van der Waals surface area (Å²) in [6.07, 6.45) is 0. The summed E-state index contributed by atoms with van der Waals surface area (Å²) in [6, 6.07) is 11.0. The van der Waals surface area contributed by atoms with Crippen molar-refractivity contribution in [1.29, 1.82) is 0 Å². The molecule has 23 heavy (non-hydrogen) atoms. The standard InChI is InChI=1S/C16H12N4O2S/c1-22-9-4-2-8(3-5-9)14-18-10-6-7-11-13(23-16(17)19-11)12(10)15(21)20-14/h2-7H,1H3,(H2,17,19)(H,18,20,21). The van der Waals surface area contributed by atoms with Crippen molar-refractivity contribution in [2.75, 3.05) is 12.8 Å². The molecule has 0 saturated heterocycles. The monoisotopic (exact) mass is 324 g/mol. The van der Waals surface area contributed by atoms with Gasteiger partial charge in [-0.15, -0.1) is 0 Å². The van der Waals surface area contributed by atoms with Crippen molar-refractivity contribution in [3.8, 4) is 17.1 Å². The molecule has 4 aromatic rings. The summed E-state index contributed by atoms with van der Waals surface area (Å²) >= 11 is 1.29. The maximum absolute atomic E-state index is 12.5. The summed E-state index contributed by atoms with van der Waals surface area (Å²) in [5.41, 5.74) is 7.69. The minimum atomic E-state index is -0.199. The lowest BCUT2D eigenvalue weighted by Crippen LogP contribution is -2.09. The summed E-state index contributed by atoms with van der Waals surface area (Å²) in [4.78, 5) is 24.1. The van der Waals surface area contributed by atoms with E-state index in [1.54, 1.807) is 13.2 Å². The number of thiazole rings is 1. The number of hydrogen-bond donors (Lipinski definition) is 2. The van der Waals surface area contributed by atoms with Gasteiger partial charge in [-0.05, 0) is 36.4 Å². The summed E-state index contributed by atoms with van der Waals surface area (Å²) < 4.78 is 5.90. The molecule has 0 fully saturated rings. The maximum atomic E-state index is 12.5. The number of nitrogens with zero attached hydrogens (tertiary/aromatic N) is 2. The van der Waals surface area contributed by atoms with Gasteiger partial charge in [0.05, 0.1) is 28.2 Å². The first-order chi connectivity index (χ1) is 11.2. The number of hydrogen-bond acceptors (Lipinski definition) is 6. The molecule has 6 nitrogen and oxygen atoms in total. The number of benzene rings is 2. The van der Waals surface area contributed by atoms with Gasteiger partial charge in [-0.25, -0.2) is 9.97 Å². The third-order valence-electron chi connectivity index (χ3n) is 3.61. The van der Waals surface area contributed by atoms with Crippen molar-refractivity contribution < 1.29 is 4.74 Å². The van der Waals surface area contributed by atoms with Gasteiger partial charge in [0.15, 0.2) is 5.13 Å². The van der Waals surface area contributed by atoms with Gasteiger partial charge in [0.25, 0.3) is 5.56 Å². The van der Waals surface area contributed by atoms with Crippen LogP contribution in [0.15, 0.2) is 41.2 Å². The van der Waals surface area contributed by atoms with Gasteiger partial charge in [-0.2, -0.15) is 0 Å². The van der Waals surface area contributed by atoms with E-state index < -0.39 is 0 Å². The quantitative estimate of drug-likeness (QED) is 0.591. The average molecular weight is 324 g/mol. The van der Waals surface area contributed by atoms with E-state index in [0.717, 1.165) is 16.0 Å². The third-order valence-corrected chi connectivity index (χ3v) is 4.52. The second-order valence-electron chi connectivity index (χ2n) is 5.00. The first-order valence-corrected chi connectivity index (χ1v) is 7.71. The fourth-order valence-electron chi connectivity index (χ4n) is 2.52. The Morgan fingerprint density at radius 1 is 1.09 bits per heavy atom. The minimum Gasteiger partial charge on any atom is -0.497 e. The highest BCUT2D eigenvalue weighted by molar-refractivity contribution is 7.22. The number of ether oxygens (including phenoxy) is 1. The van der Waals surface area contributed by atoms with Gasteiger partial charge >= 0.3 is 0 Å². The van der Waals surface area contributed by atoms with Crippen LogP contribution in [0.5, 0.6) is 5.75 Å². The molecule has 2 aromatic carbocycles. The Balaban J connectivity index is 1.96. The second-order valence-corrected chi connectivity index (χ2v) is 6.03. The number of rotatable bonds is 2. The molecule has 0 spiro atoms. The van der Waals surface area contributed by atoms with Crippen molar-refractivity contribution in [2.45, 2.75) is 0 Å². The van der Waals surface area contributed by atoms with Crippen molar-refractivity contribution in [3.63, 3.8) is 0 Å². The van der Waals surface area contributed by atoms with Crippen molar-refractivity contribution in [1.82, 2.24) is 15.0 Å². The van der Waals surface area contributed by atoms with Gasteiger partial charge in [0, 0.05) is 5.56 Å². The van der Waals surface area contributed by atoms with Crippen LogP contribution in [0.3, 0.4) is 0 Å². The predicted molar refractivity (Wildman–Crippen MR) is 91.9 cm³/mol. The number of nitrogens with two attached hydrogens (primary N) is 1. The number of methoxy groups -OCH3 is 1. The topological polar surface area (TPSA) is 93.9 Å². The average Bonchev–Trinajstić information content (AvgIpc) is 2.94. The van der Waals surface area contributed by atoms with E-state index in [9.17, 15) is 4.79 Å². The molecule has 2 aromatic heterocycles. The molecule has 114 valence electrons. The minimum absolute atomic E-state index is 0.199. The first kappa shape index (κ1) is 13.7. The van der Waals surface area contributed by atoms with Crippen LogP contribution >= 0.6 is 11.3 Å². The Morgan fingerprint density at radius 3 is 2.57 bits per heavy atom. The molecule has 3 N–H and O–H groups in total. The summed E-state index contributed by atoms with van der Waals surface area (Å²) in [7, 11) is 1.61. The van der Waals surface area contributed by atoms with Crippen LogP contribution in [0.25, 0.3) is 32.5 Å². The van der Waals surface area contributed by atoms with E-state index >= 15 is 0 Å². The maximum Gasteiger partial charge on any atom is 0.260 e. The van der Waals surface area contributed by atoms with Gasteiger partial charge in [-0.1, -0.05) is 11.3 Å². The Bertz CT molecular complexity index is 1080. The number of aromatic nitrogens is 3. The van der Waals surface area contributed by atoms with E-state index in [2.05, 4.69) is 15.0 Å². The van der Waals surface area contributed by atoms with E-state index in [-0.39, 0.29) is 5.56 Å². The Labute approximate surface area is 134 Å². The normalized spacial score (nSPS) is 11.2. The van der Waals surface area contributed by atoms with Gasteiger partial charge < -0.3 is 15.5 Å². The van der Waals surface area contributed by atoms with Crippen LogP contribution in [0.2, 0.25) is 0 Å². The predicted octanol–water partition coefficient (Wildman–Crippen LogP) is 2.79.